The first-order valence-corrected chi connectivity index (χ1v) is 6.86. The largest absolute Gasteiger partial charge is 0.481 e. The molecule has 3 unspecified atom stereocenters. The Balaban J connectivity index is 1.76. The van der Waals surface area contributed by atoms with Gasteiger partial charge in [-0.25, -0.2) is 0 Å². The molecule has 0 radical (unpaired) electrons. The van der Waals surface area contributed by atoms with Gasteiger partial charge in [-0.15, -0.1) is 0 Å². The lowest BCUT2D eigenvalue weighted by molar-refractivity contribution is -0.144. The summed E-state index contributed by atoms with van der Waals surface area (Å²) in [5, 5.41) is 14.6. The molecule has 2 amide bonds. The maximum Gasteiger partial charge on any atom is 0.306 e. The number of nitrogens with one attached hydrogen (secondary N) is 2. The quantitative estimate of drug-likeness (QED) is 0.682. The van der Waals surface area contributed by atoms with Crippen LogP contribution in [0.2, 0.25) is 0 Å². The number of carbonyl (C=O) groups is 3. The second-order valence-corrected chi connectivity index (χ2v) is 5.45. The van der Waals surface area contributed by atoms with Crippen molar-refractivity contribution in [3.63, 3.8) is 0 Å². The van der Waals surface area contributed by atoms with Gasteiger partial charge >= 0.3 is 5.97 Å². The molecule has 1 heterocycles. The van der Waals surface area contributed by atoms with Gasteiger partial charge in [0.15, 0.2) is 0 Å². The molecular weight excluding hydrogens is 248 g/mol. The monoisotopic (exact) mass is 268 g/mol. The molecule has 2 aliphatic rings. The second-order valence-electron chi connectivity index (χ2n) is 5.45. The van der Waals surface area contributed by atoms with Crippen LogP contribution in [0, 0.1) is 11.8 Å². The molecule has 0 bridgehead atoms. The number of rotatable bonds is 4. The number of amides is 2. The number of hydrogen-bond donors (Lipinski definition) is 3. The predicted octanol–water partition coefficient (Wildman–Crippen LogP) is 0.272. The van der Waals surface area contributed by atoms with Crippen molar-refractivity contribution in [1.82, 2.24) is 10.6 Å². The molecule has 6 nitrogen and oxygen atoms in total. The molecule has 3 N–H and O–H groups in total. The fourth-order valence-corrected chi connectivity index (χ4v) is 2.85. The van der Waals surface area contributed by atoms with Crippen LogP contribution in [0.5, 0.6) is 0 Å². The minimum Gasteiger partial charge on any atom is -0.481 e. The molecule has 0 aromatic rings. The fraction of sp³-hybridized carbons (Fsp3) is 0.769. The first-order valence-electron chi connectivity index (χ1n) is 6.86. The van der Waals surface area contributed by atoms with Crippen molar-refractivity contribution in [3.05, 3.63) is 0 Å². The molecule has 3 atom stereocenters. The van der Waals surface area contributed by atoms with Crippen LogP contribution in [0.15, 0.2) is 0 Å². The molecule has 0 aromatic heterocycles. The van der Waals surface area contributed by atoms with E-state index in [2.05, 4.69) is 10.6 Å². The van der Waals surface area contributed by atoms with Crippen LogP contribution in [0.1, 0.15) is 38.5 Å². The van der Waals surface area contributed by atoms with Crippen LogP contribution in [0.4, 0.5) is 0 Å². The highest BCUT2D eigenvalue weighted by Crippen LogP contribution is 2.29. The van der Waals surface area contributed by atoms with Gasteiger partial charge in [0.25, 0.3) is 0 Å². The third-order valence-corrected chi connectivity index (χ3v) is 4.00. The topological polar surface area (TPSA) is 95.5 Å². The molecule has 0 spiro atoms. The van der Waals surface area contributed by atoms with Gasteiger partial charge in [-0.3, -0.25) is 14.4 Å². The van der Waals surface area contributed by atoms with Crippen molar-refractivity contribution in [3.8, 4) is 0 Å². The van der Waals surface area contributed by atoms with Gasteiger partial charge in [-0.2, -0.15) is 0 Å². The molecule has 0 aromatic carbocycles. The summed E-state index contributed by atoms with van der Waals surface area (Å²) in [6, 6.07) is 0.0234. The third-order valence-electron chi connectivity index (χ3n) is 4.00. The maximum atomic E-state index is 12.0. The molecule has 19 heavy (non-hydrogen) atoms. The summed E-state index contributed by atoms with van der Waals surface area (Å²) in [6.07, 6.45) is 3.91. The van der Waals surface area contributed by atoms with Crippen LogP contribution >= 0.6 is 0 Å². The molecular formula is C13H20N2O4. The van der Waals surface area contributed by atoms with Gasteiger partial charge in [0.2, 0.25) is 11.8 Å². The van der Waals surface area contributed by atoms with Gasteiger partial charge in [-0.1, -0.05) is 6.42 Å². The number of aliphatic carboxylic acids is 1. The van der Waals surface area contributed by atoms with Crippen LogP contribution < -0.4 is 10.6 Å². The minimum absolute atomic E-state index is 0.0234. The van der Waals surface area contributed by atoms with E-state index in [0.717, 1.165) is 19.3 Å². The van der Waals surface area contributed by atoms with E-state index in [9.17, 15) is 14.4 Å². The molecule has 1 saturated carbocycles. The molecule has 2 rings (SSSR count). The molecule has 106 valence electrons. The summed E-state index contributed by atoms with van der Waals surface area (Å²) in [5.74, 6) is -1.45. The minimum atomic E-state index is -0.805. The van der Waals surface area contributed by atoms with Crippen LogP contribution in [-0.4, -0.2) is 35.5 Å². The van der Waals surface area contributed by atoms with E-state index in [4.69, 9.17) is 5.11 Å². The van der Waals surface area contributed by atoms with Crippen LogP contribution in [0.25, 0.3) is 0 Å². The third kappa shape index (κ3) is 3.68. The van der Waals surface area contributed by atoms with E-state index in [1.807, 2.05) is 0 Å². The Hall–Kier alpha value is -1.59. The van der Waals surface area contributed by atoms with Gasteiger partial charge in [0, 0.05) is 24.9 Å². The Labute approximate surface area is 111 Å². The van der Waals surface area contributed by atoms with Crippen molar-refractivity contribution >= 4 is 17.8 Å². The van der Waals surface area contributed by atoms with Crippen LogP contribution in [0.3, 0.4) is 0 Å². The first kappa shape index (κ1) is 13.8. The zero-order valence-corrected chi connectivity index (χ0v) is 10.9. The Bertz CT molecular complexity index is 383. The summed E-state index contributed by atoms with van der Waals surface area (Å²) in [7, 11) is 0. The number of carboxylic acid groups (broad SMARTS) is 1. The lowest BCUT2D eigenvalue weighted by Crippen LogP contribution is -2.42. The number of carbonyl (C=O) groups excluding carboxylic acids is 2. The van der Waals surface area contributed by atoms with E-state index in [1.54, 1.807) is 0 Å². The molecule has 6 heteroatoms. The normalized spacial score (nSPS) is 30.7. The van der Waals surface area contributed by atoms with Crippen molar-refractivity contribution in [1.29, 1.82) is 0 Å². The Kier molecular flexibility index (Phi) is 4.39. The average molecular weight is 268 g/mol. The Morgan fingerprint density at radius 3 is 2.63 bits per heavy atom. The summed E-state index contributed by atoms with van der Waals surface area (Å²) < 4.78 is 0. The fourth-order valence-electron chi connectivity index (χ4n) is 2.85. The predicted molar refractivity (Wildman–Crippen MR) is 67.3 cm³/mol. The highest BCUT2D eigenvalue weighted by molar-refractivity contribution is 5.81. The van der Waals surface area contributed by atoms with Gasteiger partial charge < -0.3 is 15.7 Å². The van der Waals surface area contributed by atoms with E-state index >= 15 is 0 Å². The van der Waals surface area contributed by atoms with E-state index < -0.39 is 11.9 Å². The molecule has 1 saturated heterocycles. The second kappa shape index (κ2) is 6.04. The summed E-state index contributed by atoms with van der Waals surface area (Å²) in [4.78, 5) is 34.0. The maximum absolute atomic E-state index is 12.0. The zero-order valence-electron chi connectivity index (χ0n) is 10.9. The van der Waals surface area contributed by atoms with E-state index in [1.165, 1.54) is 0 Å². The smallest absolute Gasteiger partial charge is 0.306 e. The van der Waals surface area contributed by atoms with Gasteiger partial charge in [0.1, 0.15) is 0 Å². The number of carboxylic acids is 1. The van der Waals surface area contributed by atoms with Crippen molar-refractivity contribution < 1.29 is 19.5 Å². The lowest BCUT2D eigenvalue weighted by atomic mass is 9.81. The Morgan fingerprint density at radius 2 is 2.00 bits per heavy atom. The van der Waals surface area contributed by atoms with Crippen molar-refractivity contribution in [2.45, 2.75) is 44.6 Å². The summed E-state index contributed by atoms with van der Waals surface area (Å²) in [6.45, 7) is 0.443. The summed E-state index contributed by atoms with van der Waals surface area (Å²) in [5.41, 5.74) is 0. The van der Waals surface area contributed by atoms with Gasteiger partial charge in [-0.05, 0) is 25.7 Å². The standard InChI is InChI=1S/C13H20N2O4/c16-11-5-4-10(15-11)7-14-12(17)8-2-1-3-9(6-8)13(18)19/h8-10H,1-7H2,(H,14,17)(H,15,16)(H,18,19). The SMILES string of the molecule is O=C1CCC(CNC(=O)C2CCCC(C(=O)O)C2)N1. The van der Waals surface area contributed by atoms with Crippen molar-refractivity contribution in [2.24, 2.45) is 11.8 Å². The Morgan fingerprint density at radius 1 is 1.26 bits per heavy atom. The summed E-state index contributed by atoms with van der Waals surface area (Å²) >= 11 is 0. The molecule has 1 aliphatic heterocycles. The highest BCUT2D eigenvalue weighted by atomic mass is 16.4. The van der Waals surface area contributed by atoms with Crippen LogP contribution in [-0.2, 0) is 14.4 Å². The van der Waals surface area contributed by atoms with E-state index in [-0.39, 0.29) is 23.8 Å². The first-order chi connectivity index (χ1) is 9.06. The number of hydrogen-bond acceptors (Lipinski definition) is 3. The van der Waals surface area contributed by atoms with E-state index in [0.29, 0.717) is 25.8 Å². The molecule has 2 fully saturated rings. The lowest BCUT2D eigenvalue weighted by Gasteiger charge is -2.26. The highest BCUT2D eigenvalue weighted by Gasteiger charge is 2.31. The average Bonchev–Trinajstić information content (AvgIpc) is 2.82. The molecule has 1 aliphatic carbocycles. The van der Waals surface area contributed by atoms with Gasteiger partial charge in [0.05, 0.1) is 5.92 Å². The zero-order chi connectivity index (χ0) is 13.8. The van der Waals surface area contributed by atoms with Crippen molar-refractivity contribution in [2.75, 3.05) is 6.54 Å².